The van der Waals surface area contributed by atoms with Gasteiger partial charge in [0.05, 0.1) is 18.3 Å². The number of unbranched alkanes of at least 4 members (excludes halogenated alkanes) is 1. The molecule has 0 saturated heterocycles. The largest absolute Gasteiger partial charge is 0.393 e. The maximum absolute atomic E-state index is 11.3. The van der Waals surface area contributed by atoms with E-state index in [-0.39, 0.29) is 10.8 Å². The van der Waals surface area contributed by atoms with E-state index in [9.17, 15) is 15.3 Å². The standard InChI is InChI=1S/C35H50O3S/c1-5-6-9-28-13-17-33(39-28)35(19-20-35)32(38)16-10-23(2)29-14-15-30-25(8-7-18-34(29,30)4)11-12-26-21-27(36)22-31(37)24(26)3/h10-13,16-17,23,27,29-32,36-38H,3,5-9,14-15,18-22H2,1-2,4H3/t23-,27-,29-,30+,31+,32-,34-/m1/s1. The monoisotopic (exact) mass is 550 g/mol. The molecule has 214 valence electrons. The molecular weight excluding hydrogens is 500 g/mol. The van der Waals surface area contributed by atoms with Crippen LogP contribution in [0.3, 0.4) is 0 Å². The van der Waals surface area contributed by atoms with E-state index in [1.807, 2.05) is 11.3 Å². The molecule has 3 N–H and O–H groups in total. The molecule has 4 saturated carbocycles. The molecule has 0 aromatic carbocycles. The van der Waals surface area contributed by atoms with Crippen molar-refractivity contribution in [2.75, 3.05) is 0 Å². The number of hydrogen-bond acceptors (Lipinski definition) is 4. The van der Waals surface area contributed by atoms with Crippen molar-refractivity contribution >= 4 is 11.3 Å². The van der Waals surface area contributed by atoms with Crippen LogP contribution in [0.25, 0.3) is 0 Å². The molecule has 4 aliphatic rings. The van der Waals surface area contributed by atoms with Gasteiger partial charge in [-0.1, -0.05) is 63.6 Å². The zero-order valence-electron chi connectivity index (χ0n) is 24.4. The molecule has 39 heavy (non-hydrogen) atoms. The number of thiophene rings is 1. The van der Waals surface area contributed by atoms with Crippen LogP contribution in [-0.4, -0.2) is 33.6 Å². The Morgan fingerprint density at radius 3 is 2.67 bits per heavy atom. The topological polar surface area (TPSA) is 60.7 Å². The zero-order valence-corrected chi connectivity index (χ0v) is 25.2. The van der Waals surface area contributed by atoms with Gasteiger partial charge in [0.25, 0.3) is 0 Å². The predicted octanol–water partition coefficient (Wildman–Crippen LogP) is 7.82. The van der Waals surface area contributed by atoms with Crippen molar-refractivity contribution in [1.29, 1.82) is 0 Å². The van der Waals surface area contributed by atoms with Gasteiger partial charge in [0.2, 0.25) is 0 Å². The smallest absolute Gasteiger partial charge is 0.0825 e. The summed E-state index contributed by atoms with van der Waals surface area (Å²) in [5.74, 6) is 1.64. The normalized spacial score (nSPS) is 36.0. The molecule has 0 bridgehead atoms. The van der Waals surface area contributed by atoms with E-state index in [2.05, 4.69) is 63.8 Å². The van der Waals surface area contributed by atoms with Gasteiger partial charge in [-0.15, -0.1) is 11.3 Å². The Morgan fingerprint density at radius 2 is 1.92 bits per heavy atom. The minimum Gasteiger partial charge on any atom is -0.393 e. The number of aliphatic hydroxyl groups is 3. The third-order valence-electron chi connectivity index (χ3n) is 10.8. The minimum atomic E-state index is -0.633. The first-order chi connectivity index (χ1) is 18.7. The highest BCUT2D eigenvalue weighted by atomic mass is 32.1. The summed E-state index contributed by atoms with van der Waals surface area (Å²) >= 11 is 1.92. The Hall–Kier alpha value is -1.46. The van der Waals surface area contributed by atoms with Crippen LogP contribution in [0.2, 0.25) is 0 Å². The molecule has 1 heterocycles. The maximum Gasteiger partial charge on any atom is 0.0825 e. The molecule has 5 rings (SSSR count). The first kappa shape index (κ1) is 29.0. The number of aliphatic hydroxyl groups excluding tert-OH is 3. The Labute approximate surface area is 240 Å². The highest BCUT2D eigenvalue weighted by Gasteiger charge is 2.52. The first-order valence-corrected chi connectivity index (χ1v) is 16.4. The summed E-state index contributed by atoms with van der Waals surface area (Å²) < 4.78 is 0. The van der Waals surface area contributed by atoms with Gasteiger partial charge >= 0.3 is 0 Å². The van der Waals surface area contributed by atoms with Crippen LogP contribution in [0.15, 0.2) is 59.7 Å². The lowest BCUT2D eigenvalue weighted by Crippen LogP contribution is -2.35. The molecule has 0 spiro atoms. The van der Waals surface area contributed by atoms with Gasteiger partial charge in [-0.2, -0.15) is 0 Å². The van der Waals surface area contributed by atoms with Gasteiger partial charge < -0.3 is 15.3 Å². The van der Waals surface area contributed by atoms with E-state index in [0.717, 1.165) is 36.8 Å². The summed E-state index contributed by atoms with van der Waals surface area (Å²) in [4.78, 5) is 2.84. The Kier molecular flexibility index (Phi) is 8.79. The van der Waals surface area contributed by atoms with Crippen LogP contribution in [-0.2, 0) is 11.8 Å². The average Bonchev–Trinajstić information content (AvgIpc) is 3.44. The van der Waals surface area contributed by atoms with Crippen LogP contribution in [0, 0.1) is 23.2 Å². The molecule has 4 heteroatoms. The van der Waals surface area contributed by atoms with Crippen molar-refractivity contribution in [3.63, 3.8) is 0 Å². The molecule has 4 fully saturated rings. The SMILES string of the molecule is C=C1C(=CC=C2CCC[C@]3(C)[C@@H]([C@H](C)C=C[C@@H](O)C4(c5ccc(CCCC)s5)CC4)CC[C@@H]23)C[C@@H](O)C[C@@H]1O. The van der Waals surface area contributed by atoms with E-state index in [0.29, 0.717) is 30.6 Å². The summed E-state index contributed by atoms with van der Waals surface area (Å²) in [6.07, 6.45) is 20.3. The van der Waals surface area contributed by atoms with Crippen LogP contribution in [0.1, 0.15) is 101 Å². The number of allylic oxidation sites excluding steroid dienone is 4. The van der Waals surface area contributed by atoms with Gasteiger partial charge in [0.1, 0.15) is 0 Å². The third kappa shape index (κ3) is 5.82. The fourth-order valence-corrected chi connectivity index (χ4v) is 9.49. The van der Waals surface area contributed by atoms with E-state index >= 15 is 0 Å². The highest BCUT2D eigenvalue weighted by Crippen LogP contribution is 2.60. The molecule has 0 unspecified atom stereocenters. The van der Waals surface area contributed by atoms with Crippen molar-refractivity contribution < 1.29 is 15.3 Å². The molecule has 1 aromatic rings. The molecule has 0 radical (unpaired) electrons. The van der Waals surface area contributed by atoms with Crippen LogP contribution >= 0.6 is 11.3 Å². The van der Waals surface area contributed by atoms with Crippen molar-refractivity contribution in [3.05, 3.63) is 69.5 Å². The number of aryl methyl sites for hydroxylation is 1. The second-order valence-corrected chi connectivity index (χ2v) is 14.5. The summed E-state index contributed by atoms with van der Waals surface area (Å²) in [7, 11) is 0. The minimum absolute atomic E-state index is 0.0496. The second-order valence-electron chi connectivity index (χ2n) is 13.4. The van der Waals surface area contributed by atoms with Gasteiger partial charge in [0.15, 0.2) is 0 Å². The van der Waals surface area contributed by atoms with Crippen molar-refractivity contribution in [2.45, 2.75) is 122 Å². The molecular formula is C35H50O3S. The van der Waals surface area contributed by atoms with E-state index in [4.69, 9.17) is 0 Å². The number of hydrogen-bond donors (Lipinski definition) is 3. The predicted molar refractivity (Wildman–Crippen MR) is 163 cm³/mol. The number of rotatable bonds is 9. The van der Waals surface area contributed by atoms with E-state index in [1.165, 1.54) is 53.9 Å². The maximum atomic E-state index is 11.3. The van der Waals surface area contributed by atoms with E-state index in [1.54, 1.807) is 0 Å². The summed E-state index contributed by atoms with van der Waals surface area (Å²) in [5, 5.41) is 31.7. The van der Waals surface area contributed by atoms with Crippen molar-refractivity contribution in [3.8, 4) is 0 Å². The van der Waals surface area contributed by atoms with Crippen molar-refractivity contribution in [1.82, 2.24) is 0 Å². The second kappa shape index (κ2) is 11.8. The third-order valence-corrected chi connectivity index (χ3v) is 12.2. The van der Waals surface area contributed by atoms with Gasteiger partial charge in [-0.25, -0.2) is 0 Å². The Morgan fingerprint density at radius 1 is 1.13 bits per heavy atom. The lowest BCUT2D eigenvalue weighted by atomic mass is 9.61. The number of fused-ring (bicyclic) bond motifs is 1. The summed E-state index contributed by atoms with van der Waals surface area (Å²) in [6, 6.07) is 4.56. The van der Waals surface area contributed by atoms with Gasteiger partial charge in [-0.05, 0) is 111 Å². The molecule has 1 aromatic heterocycles. The lowest BCUT2D eigenvalue weighted by Gasteiger charge is -2.44. The van der Waals surface area contributed by atoms with Crippen LogP contribution < -0.4 is 0 Å². The van der Waals surface area contributed by atoms with Gasteiger partial charge in [-0.3, -0.25) is 0 Å². The molecule has 7 atom stereocenters. The van der Waals surface area contributed by atoms with Gasteiger partial charge in [0, 0.05) is 21.6 Å². The lowest BCUT2D eigenvalue weighted by molar-refractivity contribution is 0.0862. The van der Waals surface area contributed by atoms with Crippen molar-refractivity contribution in [2.24, 2.45) is 23.2 Å². The molecule has 0 aliphatic heterocycles. The van der Waals surface area contributed by atoms with E-state index < -0.39 is 18.3 Å². The fourth-order valence-electron chi connectivity index (χ4n) is 8.16. The first-order valence-electron chi connectivity index (χ1n) is 15.6. The zero-order chi connectivity index (χ0) is 27.8. The average molecular weight is 551 g/mol. The molecule has 3 nitrogen and oxygen atoms in total. The van der Waals surface area contributed by atoms with Crippen LogP contribution in [0.5, 0.6) is 0 Å². The summed E-state index contributed by atoms with van der Waals surface area (Å²) in [6.45, 7) is 11.2. The fraction of sp³-hybridized carbons (Fsp3) is 0.657. The van der Waals surface area contributed by atoms with Crippen LogP contribution in [0.4, 0.5) is 0 Å². The Balaban J connectivity index is 1.26. The Bertz CT molecular complexity index is 1120. The highest BCUT2D eigenvalue weighted by molar-refractivity contribution is 7.12. The quantitative estimate of drug-likeness (QED) is 0.275. The molecule has 4 aliphatic carbocycles. The molecule has 0 amide bonds. The summed E-state index contributed by atoms with van der Waals surface area (Å²) in [5.41, 5.74) is 3.53.